The molecule has 5 rings (SSSR count). The molecular formula is C27H26N2O2. The van der Waals surface area contributed by atoms with E-state index in [4.69, 9.17) is 0 Å². The van der Waals surface area contributed by atoms with Gasteiger partial charge in [0, 0.05) is 18.7 Å². The molecule has 156 valence electrons. The lowest BCUT2D eigenvalue weighted by Gasteiger charge is -2.45. The molecule has 2 aliphatic heterocycles. The Bertz CT molecular complexity index is 1150. The van der Waals surface area contributed by atoms with Crippen molar-refractivity contribution in [3.05, 3.63) is 106 Å². The van der Waals surface area contributed by atoms with Gasteiger partial charge in [-0.15, -0.1) is 0 Å². The van der Waals surface area contributed by atoms with E-state index in [-0.39, 0.29) is 17.9 Å². The van der Waals surface area contributed by atoms with E-state index in [1.807, 2.05) is 47.4 Å². The first kappa shape index (κ1) is 19.6. The van der Waals surface area contributed by atoms with Crippen LogP contribution in [0, 0.1) is 6.92 Å². The highest BCUT2D eigenvalue weighted by atomic mass is 16.2. The minimum atomic E-state index is -0.409. The number of nitrogens with zero attached hydrogens (tertiary/aromatic N) is 1. The number of carbonyl (C=O) groups excluding carboxylic acids is 2. The Kier molecular flexibility index (Phi) is 5.06. The molecule has 0 saturated carbocycles. The van der Waals surface area contributed by atoms with Gasteiger partial charge in [-0.2, -0.15) is 0 Å². The number of hydrogen-bond donors (Lipinski definition) is 1. The zero-order valence-electron chi connectivity index (χ0n) is 17.7. The molecule has 1 N–H and O–H groups in total. The highest BCUT2D eigenvalue weighted by molar-refractivity contribution is 6.01. The Hall–Kier alpha value is -3.40. The Morgan fingerprint density at radius 1 is 1.00 bits per heavy atom. The van der Waals surface area contributed by atoms with Crippen molar-refractivity contribution in [3.63, 3.8) is 0 Å². The van der Waals surface area contributed by atoms with Crippen molar-refractivity contribution < 1.29 is 9.59 Å². The van der Waals surface area contributed by atoms with Crippen LogP contribution in [0.3, 0.4) is 0 Å². The average Bonchev–Trinajstić information content (AvgIpc) is 2.79. The molecule has 2 aliphatic rings. The monoisotopic (exact) mass is 410 g/mol. The largest absolute Gasteiger partial charge is 0.355 e. The first-order chi connectivity index (χ1) is 15.1. The van der Waals surface area contributed by atoms with E-state index in [1.165, 1.54) is 16.7 Å². The zero-order valence-corrected chi connectivity index (χ0v) is 17.7. The molecule has 0 aromatic heterocycles. The van der Waals surface area contributed by atoms with Gasteiger partial charge in [0.25, 0.3) is 5.91 Å². The van der Waals surface area contributed by atoms with Crippen LogP contribution in [0.25, 0.3) is 0 Å². The Balaban J connectivity index is 1.46. The van der Waals surface area contributed by atoms with Crippen molar-refractivity contribution in [2.75, 3.05) is 13.1 Å². The minimum absolute atomic E-state index is 0.0145. The number of nitrogens with one attached hydrogen (secondary N) is 1. The SMILES string of the molecule is Cc1cccc(CCNC(=O)[C@H]2c3ccccc3C(=O)N3CCc4ccccc4[C@@H]23)c1. The molecule has 2 atom stereocenters. The number of fused-ring (bicyclic) bond motifs is 4. The second-order valence-corrected chi connectivity index (χ2v) is 8.49. The van der Waals surface area contributed by atoms with Crippen LogP contribution in [0.15, 0.2) is 72.8 Å². The molecule has 0 fully saturated rings. The van der Waals surface area contributed by atoms with Gasteiger partial charge in [-0.25, -0.2) is 0 Å². The number of rotatable bonds is 4. The fourth-order valence-electron chi connectivity index (χ4n) is 5.07. The molecule has 2 amide bonds. The van der Waals surface area contributed by atoms with Crippen LogP contribution >= 0.6 is 0 Å². The Labute approximate surface area is 182 Å². The number of carbonyl (C=O) groups is 2. The van der Waals surface area contributed by atoms with Crippen molar-refractivity contribution in [2.24, 2.45) is 0 Å². The number of hydrogen-bond acceptors (Lipinski definition) is 2. The Morgan fingerprint density at radius 2 is 1.77 bits per heavy atom. The van der Waals surface area contributed by atoms with Gasteiger partial charge in [-0.05, 0) is 48.1 Å². The predicted molar refractivity (Wildman–Crippen MR) is 121 cm³/mol. The lowest BCUT2D eigenvalue weighted by atomic mass is 9.76. The van der Waals surface area contributed by atoms with Gasteiger partial charge in [0.05, 0.1) is 12.0 Å². The van der Waals surface area contributed by atoms with Crippen LogP contribution in [0.4, 0.5) is 0 Å². The molecule has 4 nitrogen and oxygen atoms in total. The molecule has 3 aromatic rings. The van der Waals surface area contributed by atoms with Crippen LogP contribution in [-0.2, 0) is 17.6 Å². The maximum atomic E-state index is 13.5. The van der Waals surface area contributed by atoms with Crippen LogP contribution < -0.4 is 5.32 Å². The van der Waals surface area contributed by atoms with Crippen molar-refractivity contribution in [2.45, 2.75) is 31.7 Å². The summed E-state index contributed by atoms with van der Waals surface area (Å²) in [6, 6.07) is 23.9. The zero-order chi connectivity index (χ0) is 21.4. The summed E-state index contributed by atoms with van der Waals surface area (Å²) in [7, 11) is 0. The van der Waals surface area contributed by atoms with E-state index in [0.29, 0.717) is 18.7 Å². The number of amides is 2. The molecule has 4 heteroatoms. The predicted octanol–water partition coefficient (Wildman–Crippen LogP) is 4.19. The summed E-state index contributed by atoms with van der Waals surface area (Å²) >= 11 is 0. The molecular weight excluding hydrogens is 384 g/mol. The summed E-state index contributed by atoms with van der Waals surface area (Å²) in [5, 5.41) is 3.16. The Morgan fingerprint density at radius 3 is 2.61 bits per heavy atom. The molecule has 0 unspecified atom stereocenters. The summed E-state index contributed by atoms with van der Waals surface area (Å²) in [5.74, 6) is -0.397. The summed E-state index contributed by atoms with van der Waals surface area (Å²) in [4.78, 5) is 28.7. The van der Waals surface area contributed by atoms with Gasteiger partial charge >= 0.3 is 0 Å². The molecule has 2 heterocycles. The molecule has 0 spiro atoms. The smallest absolute Gasteiger partial charge is 0.254 e. The number of benzene rings is 3. The first-order valence-corrected chi connectivity index (χ1v) is 10.9. The van der Waals surface area contributed by atoms with Crippen LogP contribution in [-0.4, -0.2) is 29.8 Å². The summed E-state index contributed by atoms with van der Waals surface area (Å²) in [5.41, 5.74) is 6.24. The fourth-order valence-corrected chi connectivity index (χ4v) is 5.07. The van der Waals surface area contributed by atoms with Crippen LogP contribution in [0.2, 0.25) is 0 Å². The van der Waals surface area contributed by atoms with Crippen molar-refractivity contribution in [3.8, 4) is 0 Å². The van der Waals surface area contributed by atoms with E-state index in [0.717, 1.165) is 24.0 Å². The summed E-state index contributed by atoms with van der Waals surface area (Å²) in [6.45, 7) is 3.29. The summed E-state index contributed by atoms with van der Waals surface area (Å²) in [6.07, 6.45) is 1.61. The van der Waals surface area contributed by atoms with Gasteiger partial charge in [-0.1, -0.05) is 72.3 Å². The van der Waals surface area contributed by atoms with Crippen LogP contribution in [0.1, 0.15) is 50.1 Å². The summed E-state index contributed by atoms with van der Waals surface area (Å²) < 4.78 is 0. The molecule has 0 radical (unpaired) electrons. The molecule has 3 aromatic carbocycles. The van der Waals surface area contributed by atoms with Gasteiger partial charge in [-0.3, -0.25) is 9.59 Å². The third kappa shape index (κ3) is 3.52. The number of aryl methyl sites for hydroxylation is 1. The van der Waals surface area contributed by atoms with E-state index in [1.54, 1.807) is 0 Å². The maximum Gasteiger partial charge on any atom is 0.254 e. The molecule has 0 aliphatic carbocycles. The second-order valence-electron chi connectivity index (χ2n) is 8.49. The van der Waals surface area contributed by atoms with Gasteiger partial charge in [0.2, 0.25) is 5.91 Å². The van der Waals surface area contributed by atoms with E-state index >= 15 is 0 Å². The van der Waals surface area contributed by atoms with Gasteiger partial charge < -0.3 is 10.2 Å². The second kappa shape index (κ2) is 8.03. The quantitative estimate of drug-likeness (QED) is 0.701. The van der Waals surface area contributed by atoms with E-state index < -0.39 is 5.92 Å². The lowest BCUT2D eigenvalue weighted by molar-refractivity contribution is -0.124. The van der Waals surface area contributed by atoms with Gasteiger partial charge in [0.15, 0.2) is 0 Å². The normalized spacial score (nSPS) is 19.3. The molecule has 31 heavy (non-hydrogen) atoms. The molecule has 0 saturated heterocycles. The van der Waals surface area contributed by atoms with E-state index in [9.17, 15) is 9.59 Å². The van der Waals surface area contributed by atoms with E-state index in [2.05, 4.69) is 42.6 Å². The average molecular weight is 411 g/mol. The van der Waals surface area contributed by atoms with Crippen molar-refractivity contribution in [1.29, 1.82) is 0 Å². The standard InChI is InChI=1S/C27H26N2O2/c1-18-7-6-8-19(17-18)13-15-28-26(30)24-22-11-4-5-12-23(22)27(31)29-16-14-20-9-2-3-10-21(20)25(24)29/h2-12,17,24-25H,13-16H2,1H3,(H,28,30)/t24-,25-/m0/s1. The van der Waals surface area contributed by atoms with Crippen LogP contribution in [0.5, 0.6) is 0 Å². The minimum Gasteiger partial charge on any atom is -0.355 e. The highest BCUT2D eigenvalue weighted by Crippen LogP contribution is 2.45. The molecule has 0 bridgehead atoms. The van der Waals surface area contributed by atoms with Crippen molar-refractivity contribution >= 4 is 11.8 Å². The lowest BCUT2D eigenvalue weighted by Crippen LogP contribution is -2.50. The third-order valence-corrected chi connectivity index (χ3v) is 6.51. The van der Waals surface area contributed by atoms with Crippen molar-refractivity contribution in [1.82, 2.24) is 10.2 Å². The fraction of sp³-hybridized carbons (Fsp3) is 0.259. The van der Waals surface area contributed by atoms with Gasteiger partial charge in [0.1, 0.15) is 0 Å². The third-order valence-electron chi connectivity index (χ3n) is 6.51. The first-order valence-electron chi connectivity index (χ1n) is 10.9. The highest BCUT2D eigenvalue weighted by Gasteiger charge is 2.45. The maximum absolute atomic E-state index is 13.5. The topological polar surface area (TPSA) is 49.4 Å².